The molecule has 0 spiro atoms. The van der Waals surface area contributed by atoms with Gasteiger partial charge < -0.3 is 10.1 Å². The number of rotatable bonds is 2. The van der Waals surface area contributed by atoms with Crippen molar-refractivity contribution in [3.63, 3.8) is 0 Å². The van der Waals surface area contributed by atoms with Crippen molar-refractivity contribution >= 4 is 33.5 Å². The summed E-state index contributed by atoms with van der Waals surface area (Å²) in [7, 11) is 0. The fraction of sp³-hybridized carbons (Fsp3) is 0.467. The minimum Gasteiger partial charge on any atom is -0.461 e. The number of carbonyl (C=O) groups is 2. The number of fused-ring (bicyclic) bond motifs is 1. The second-order valence-electron chi connectivity index (χ2n) is 5.96. The second-order valence-corrected chi connectivity index (χ2v) is 7.01. The molecular weight excluding hydrogens is 341 g/mol. The standard InChI is InChI=1S/C15H13BrFNO3/c16-12-8-5-9-11(15(20)21-13(9)12)10(8)14(19)18-7-3-1-6(17)2-4-7/h1-4,8-13H,5H2,(H,18,19)/t8-,9-,10-,11-,12-,13+/m1/s1. The predicted molar refractivity (Wildman–Crippen MR) is 76.2 cm³/mol. The highest BCUT2D eigenvalue weighted by atomic mass is 79.9. The van der Waals surface area contributed by atoms with Gasteiger partial charge in [-0.3, -0.25) is 9.59 Å². The summed E-state index contributed by atoms with van der Waals surface area (Å²) in [6.45, 7) is 0. The van der Waals surface area contributed by atoms with E-state index in [9.17, 15) is 14.0 Å². The molecule has 1 heterocycles. The van der Waals surface area contributed by atoms with Gasteiger partial charge in [-0.1, -0.05) is 15.9 Å². The Kier molecular flexibility index (Phi) is 2.86. The van der Waals surface area contributed by atoms with Crippen molar-refractivity contribution in [2.24, 2.45) is 23.7 Å². The van der Waals surface area contributed by atoms with Crippen LogP contribution >= 0.6 is 15.9 Å². The summed E-state index contributed by atoms with van der Waals surface area (Å²) in [5, 5.41) is 2.79. The van der Waals surface area contributed by atoms with Crippen LogP contribution in [0.15, 0.2) is 24.3 Å². The zero-order valence-corrected chi connectivity index (χ0v) is 12.5. The number of benzene rings is 1. The summed E-state index contributed by atoms with van der Waals surface area (Å²) in [4.78, 5) is 24.6. The molecule has 1 amide bonds. The summed E-state index contributed by atoms with van der Waals surface area (Å²) in [5.41, 5.74) is 0.540. The largest absolute Gasteiger partial charge is 0.461 e. The third-order valence-corrected chi connectivity index (χ3v) is 6.14. The molecule has 6 atom stereocenters. The predicted octanol–water partition coefficient (Wildman–Crippen LogP) is 2.34. The molecule has 1 aliphatic heterocycles. The Bertz CT molecular complexity index is 620. The number of amides is 1. The highest BCUT2D eigenvalue weighted by Gasteiger charge is 2.67. The zero-order chi connectivity index (χ0) is 14.7. The second kappa shape index (κ2) is 4.53. The van der Waals surface area contributed by atoms with E-state index >= 15 is 0 Å². The van der Waals surface area contributed by atoms with E-state index in [0.29, 0.717) is 5.69 Å². The monoisotopic (exact) mass is 353 g/mol. The zero-order valence-electron chi connectivity index (χ0n) is 11.0. The number of alkyl halides is 1. The topological polar surface area (TPSA) is 55.4 Å². The molecule has 0 unspecified atom stereocenters. The van der Waals surface area contributed by atoms with Gasteiger partial charge in [-0.05, 0) is 36.6 Å². The Morgan fingerprint density at radius 2 is 2.00 bits per heavy atom. The number of halogens is 2. The number of hydrogen-bond donors (Lipinski definition) is 1. The molecule has 1 aromatic carbocycles. The van der Waals surface area contributed by atoms with Gasteiger partial charge in [-0.2, -0.15) is 0 Å². The molecule has 3 fully saturated rings. The van der Waals surface area contributed by atoms with E-state index in [0.717, 1.165) is 6.42 Å². The summed E-state index contributed by atoms with van der Waals surface area (Å²) >= 11 is 3.57. The summed E-state index contributed by atoms with van der Waals surface area (Å²) < 4.78 is 18.3. The van der Waals surface area contributed by atoms with Crippen molar-refractivity contribution in [2.75, 3.05) is 5.32 Å². The lowest BCUT2D eigenvalue weighted by Crippen LogP contribution is -2.40. The number of carbonyl (C=O) groups excluding carboxylic acids is 2. The van der Waals surface area contributed by atoms with Crippen molar-refractivity contribution in [3.8, 4) is 0 Å². The normalized spacial score (nSPS) is 39.4. The molecule has 4 nitrogen and oxygen atoms in total. The van der Waals surface area contributed by atoms with Crippen LogP contribution in [0.3, 0.4) is 0 Å². The van der Waals surface area contributed by atoms with E-state index < -0.39 is 0 Å². The van der Waals surface area contributed by atoms with Crippen molar-refractivity contribution in [1.29, 1.82) is 0 Å². The van der Waals surface area contributed by atoms with Gasteiger partial charge in [0, 0.05) is 11.6 Å². The van der Waals surface area contributed by atoms with Gasteiger partial charge in [-0.15, -0.1) is 0 Å². The van der Waals surface area contributed by atoms with Crippen molar-refractivity contribution in [2.45, 2.75) is 17.4 Å². The van der Waals surface area contributed by atoms with E-state index in [1.165, 1.54) is 24.3 Å². The molecule has 1 N–H and O–H groups in total. The van der Waals surface area contributed by atoms with E-state index in [2.05, 4.69) is 21.2 Å². The van der Waals surface area contributed by atoms with Crippen LogP contribution in [0.5, 0.6) is 0 Å². The van der Waals surface area contributed by atoms with Crippen LogP contribution in [0.2, 0.25) is 0 Å². The van der Waals surface area contributed by atoms with Gasteiger partial charge in [0.05, 0.1) is 16.7 Å². The lowest BCUT2D eigenvalue weighted by molar-refractivity contribution is -0.145. The first-order valence-corrected chi connectivity index (χ1v) is 7.89. The van der Waals surface area contributed by atoms with Crippen LogP contribution in [-0.4, -0.2) is 22.8 Å². The van der Waals surface area contributed by atoms with Gasteiger partial charge in [0.15, 0.2) is 0 Å². The van der Waals surface area contributed by atoms with Gasteiger partial charge >= 0.3 is 5.97 Å². The Morgan fingerprint density at radius 1 is 1.29 bits per heavy atom. The van der Waals surface area contributed by atoms with E-state index in [1.807, 2.05) is 0 Å². The minimum atomic E-state index is -0.365. The van der Waals surface area contributed by atoms with E-state index in [4.69, 9.17) is 4.74 Å². The minimum absolute atomic E-state index is 0.0502. The first-order chi connectivity index (χ1) is 10.1. The van der Waals surface area contributed by atoms with Crippen LogP contribution in [0.4, 0.5) is 10.1 Å². The smallest absolute Gasteiger partial charge is 0.310 e. The lowest BCUT2D eigenvalue weighted by atomic mass is 9.79. The van der Waals surface area contributed by atoms with Gasteiger partial charge in [0.2, 0.25) is 5.91 Å². The molecule has 0 aromatic heterocycles. The SMILES string of the molecule is O=C(Nc1ccc(F)cc1)[C@@H]1[C@H]2C[C@H]3[C@H](OC(=O)[C@H]31)[C@@H]2Br. The third kappa shape index (κ3) is 1.84. The van der Waals surface area contributed by atoms with Crippen molar-refractivity contribution in [3.05, 3.63) is 30.1 Å². The number of anilines is 1. The molecule has 110 valence electrons. The molecule has 4 rings (SSSR count). The maximum atomic E-state index is 12.9. The first kappa shape index (κ1) is 13.2. The van der Waals surface area contributed by atoms with E-state index in [-0.39, 0.29) is 52.3 Å². The molecule has 2 aliphatic carbocycles. The maximum Gasteiger partial charge on any atom is 0.310 e. The van der Waals surface area contributed by atoms with Gasteiger partial charge in [0.1, 0.15) is 11.9 Å². The summed E-state index contributed by atoms with van der Waals surface area (Å²) in [5.74, 6) is -1.21. The average molecular weight is 354 g/mol. The maximum absolute atomic E-state index is 12.9. The average Bonchev–Trinajstić information content (AvgIpc) is 3.05. The fourth-order valence-corrected chi connectivity index (χ4v) is 5.13. The van der Waals surface area contributed by atoms with Crippen LogP contribution in [0.25, 0.3) is 0 Å². The Balaban J connectivity index is 1.57. The quantitative estimate of drug-likeness (QED) is 0.655. The number of hydrogen-bond acceptors (Lipinski definition) is 3. The molecule has 1 aromatic rings. The van der Waals surface area contributed by atoms with Crippen LogP contribution in [0.1, 0.15) is 6.42 Å². The molecular formula is C15H13BrFNO3. The Morgan fingerprint density at radius 3 is 2.71 bits per heavy atom. The van der Waals surface area contributed by atoms with Gasteiger partial charge in [0.25, 0.3) is 0 Å². The molecule has 6 heteroatoms. The van der Waals surface area contributed by atoms with E-state index in [1.54, 1.807) is 0 Å². The van der Waals surface area contributed by atoms with Crippen LogP contribution in [-0.2, 0) is 14.3 Å². The lowest BCUT2D eigenvalue weighted by Gasteiger charge is -2.27. The molecule has 2 saturated carbocycles. The fourth-order valence-electron chi connectivity index (χ4n) is 4.09. The highest BCUT2D eigenvalue weighted by molar-refractivity contribution is 9.09. The van der Waals surface area contributed by atoms with Crippen LogP contribution in [0, 0.1) is 29.5 Å². The Hall–Kier alpha value is -1.43. The first-order valence-electron chi connectivity index (χ1n) is 6.97. The molecule has 2 bridgehead atoms. The summed E-state index contributed by atoms with van der Waals surface area (Å²) in [6.07, 6.45) is 0.765. The third-order valence-electron chi connectivity index (χ3n) is 4.94. The van der Waals surface area contributed by atoms with Gasteiger partial charge in [-0.25, -0.2) is 4.39 Å². The number of esters is 1. The number of ether oxygens (including phenoxy) is 1. The van der Waals surface area contributed by atoms with Crippen molar-refractivity contribution < 1.29 is 18.7 Å². The van der Waals surface area contributed by atoms with Crippen molar-refractivity contribution in [1.82, 2.24) is 0 Å². The molecule has 0 radical (unpaired) electrons. The van der Waals surface area contributed by atoms with Crippen LogP contribution < -0.4 is 5.32 Å². The number of nitrogens with one attached hydrogen (secondary N) is 1. The Labute approximate surface area is 129 Å². The molecule has 21 heavy (non-hydrogen) atoms. The molecule has 3 aliphatic rings. The highest BCUT2D eigenvalue weighted by Crippen LogP contribution is 2.60. The summed E-state index contributed by atoms with van der Waals surface area (Å²) in [6, 6.07) is 5.62. The molecule has 1 saturated heterocycles.